The lowest BCUT2D eigenvalue weighted by Gasteiger charge is -2.01. The molecule has 0 atom stereocenters. The molecule has 0 radical (unpaired) electrons. The molecule has 4 rings (SSSR count). The van der Waals surface area contributed by atoms with Gasteiger partial charge in [-0.15, -0.1) is 15.3 Å². The molecule has 5 nitrogen and oxygen atoms in total. The Kier molecular flexibility index (Phi) is 3.25. The van der Waals surface area contributed by atoms with Crippen molar-refractivity contribution in [3.05, 3.63) is 59.6 Å². The summed E-state index contributed by atoms with van der Waals surface area (Å²) in [4.78, 5) is 0.739. The number of fused-ring (bicyclic) bond motifs is 1. The summed E-state index contributed by atoms with van der Waals surface area (Å²) in [7, 11) is 0. The van der Waals surface area contributed by atoms with Crippen LogP contribution in [0.3, 0.4) is 0 Å². The first-order valence-corrected chi connectivity index (χ1v) is 7.79. The van der Waals surface area contributed by atoms with E-state index in [4.69, 9.17) is 11.6 Å². The lowest BCUT2D eigenvalue weighted by Crippen LogP contribution is -1.93. The van der Waals surface area contributed by atoms with Crippen molar-refractivity contribution < 1.29 is 0 Å². The number of aromatic nitrogens is 4. The molecular weight excluding hydrogens is 318 g/mol. The highest BCUT2D eigenvalue weighted by Gasteiger charge is 2.13. The fraction of sp³-hybridized carbons (Fsp3) is 0. The van der Waals surface area contributed by atoms with Gasteiger partial charge in [0.15, 0.2) is 5.82 Å². The van der Waals surface area contributed by atoms with Gasteiger partial charge in [-0.1, -0.05) is 59.3 Å². The zero-order valence-corrected chi connectivity index (χ0v) is 12.8. The summed E-state index contributed by atoms with van der Waals surface area (Å²) < 4.78 is 1.74. The van der Waals surface area contributed by atoms with E-state index in [-0.39, 0.29) is 0 Å². The number of hydrogen-bond acceptors (Lipinski definition) is 5. The third-order valence-electron chi connectivity index (χ3n) is 3.10. The first-order valence-electron chi connectivity index (χ1n) is 6.60. The Morgan fingerprint density at radius 1 is 1.00 bits per heavy atom. The minimum absolute atomic E-state index is 0.679. The largest absolute Gasteiger partial charge is 0.330 e. The van der Waals surface area contributed by atoms with E-state index in [9.17, 15) is 0 Å². The zero-order valence-electron chi connectivity index (χ0n) is 11.3. The molecule has 2 aromatic heterocycles. The predicted molar refractivity (Wildman–Crippen MR) is 88.8 cm³/mol. The summed E-state index contributed by atoms with van der Waals surface area (Å²) in [6.45, 7) is 0. The first-order chi connectivity index (χ1) is 10.8. The molecule has 108 valence electrons. The summed E-state index contributed by atoms with van der Waals surface area (Å²) in [5.41, 5.74) is 1.87. The Morgan fingerprint density at radius 3 is 2.68 bits per heavy atom. The normalized spacial score (nSPS) is 11.0. The van der Waals surface area contributed by atoms with Gasteiger partial charge < -0.3 is 5.32 Å². The van der Waals surface area contributed by atoms with E-state index < -0.39 is 0 Å². The second kappa shape index (κ2) is 5.40. The second-order valence-corrected chi connectivity index (χ2v) is 6.02. The van der Waals surface area contributed by atoms with E-state index in [1.807, 2.05) is 54.6 Å². The number of rotatable bonds is 3. The summed E-state index contributed by atoms with van der Waals surface area (Å²) in [6.07, 6.45) is 0. The average Bonchev–Trinajstić information content (AvgIpc) is 3.08. The molecule has 0 aliphatic carbocycles. The highest BCUT2D eigenvalue weighted by atomic mass is 35.5. The molecular formula is C15H10ClN5S. The molecule has 1 N–H and O–H groups in total. The van der Waals surface area contributed by atoms with Crippen molar-refractivity contribution >= 4 is 38.7 Å². The Bertz CT molecular complexity index is 931. The van der Waals surface area contributed by atoms with Crippen molar-refractivity contribution in [2.45, 2.75) is 0 Å². The van der Waals surface area contributed by atoms with Gasteiger partial charge in [-0.05, 0) is 18.2 Å². The number of nitrogens with one attached hydrogen (secondary N) is 1. The van der Waals surface area contributed by atoms with Gasteiger partial charge in [0.05, 0.1) is 0 Å². The highest BCUT2D eigenvalue weighted by Crippen LogP contribution is 2.27. The maximum atomic E-state index is 5.99. The van der Waals surface area contributed by atoms with E-state index in [1.54, 1.807) is 4.52 Å². The number of halogens is 1. The van der Waals surface area contributed by atoms with Crippen molar-refractivity contribution in [1.29, 1.82) is 0 Å². The average molecular weight is 328 g/mol. The van der Waals surface area contributed by atoms with E-state index in [0.29, 0.717) is 5.02 Å². The molecule has 0 aliphatic rings. The van der Waals surface area contributed by atoms with Gasteiger partial charge >= 0.3 is 0 Å². The van der Waals surface area contributed by atoms with Gasteiger partial charge in [0.25, 0.3) is 0 Å². The topological polar surface area (TPSA) is 55.1 Å². The smallest absolute Gasteiger partial charge is 0.236 e. The summed E-state index contributed by atoms with van der Waals surface area (Å²) in [6, 6.07) is 17.4. The Morgan fingerprint density at radius 2 is 1.86 bits per heavy atom. The molecule has 22 heavy (non-hydrogen) atoms. The summed E-state index contributed by atoms with van der Waals surface area (Å²) in [5.74, 6) is 0.728. The maximum Gasteiger partial charge on any atom is 0.236 e. The van der Waals surface area contributed by atoms with Gasteiger partial charge in [-0.2, -0.15) is 4.52 Å². The summed E-state index contributed by atoms with van der Waals surface area (Å²) >= 11 is 7.43. The number of hydrogen-bond donors (Lipinski definition) is 1. The molecule has 0 bridgehead atoms. The van der Waals surface area contributed by atoms with Crippen LogP contribution in [0.4, 0.5) is 10.8 Å². The van der Waals surface area contributed by atoms with Crippen molar-refractivity contribution in [2.24, 2.45) is 0 Å². The van der Waals surface area contributed by atoms with E-state index in [0.717, 1.165) is 27.2 Å². The summed E-state index contributed by atoms with van der Waals surface area (Å²) in [5, 5.41) is 17.6. The van der Waals surface area contributed by atoms with Crippen LogP contribution >= 0.6 is 22.9 Å². The Labute approximate surface area is 135 Å². The molecule has 4 aromatic rings. The van der Waals surface area contributed by atoms with Gasteiger partial charge in [-0.3, -0.25) is 0 Å². The minimum Gasteiger partial charge on any atom is -0.330 e. The van der Waals surface area contributed by atoms with Gasteiger partial charge in [0.1, 0.15) is 0 Å². The number of anilines is 2. The molecule has 0 spiro atoms. The number of nitrogens with zero attached hydrogens (tertiary/aromatic N) is 4. The number of benzene rings is 2. The van der Waals surface area contributed by atoms with E-state index >= 15 is 0 Å². The van der Waals surface area contributed by atoms with Crippen molar-refractivity contribution in [3.63, 3.8) is 0 Å². The molecule has 7 heteroatoms. The van der Waals surface area contributed by atoms with Crippen LogP contribution in [0.2, 0.25) is 5.02 Å². The minimum atomic E-state index is 0.679. The fourth-order valence-corrected chi connectivity index (χ4v) is 3.07. The highest BCUT2D eigenvalue weighted by molar-refractivity contribution is 7.20. The second-order valence-electron chi connectivity index (χ2n) is 4.63. The fourth-order valence-electron chi connectivity index (χ4n) is 2.12. The molecule has 0 aliphatic heterocycles. The zero-order chi connectivity index (χ0) is 14.9. The van der Waals surface area contributed by atoms with E-state index in [2.05, 4.69) is 20.6 Å². The Balaban J connectivity index is 1.71. The lowest BCUT2D eigenvalue weighted by molar-refractivity contribution is 0.970. The van der Waals surface area contributed by atoms with Gasteiger partial charge in [0, 0.05) is 16.3 Å². The third kappa shape index (κ3) is 2.43. The van der Waals surface area contributed by atoms with Crippen LogP contribution in [0.25, 0.3) is 16.3 Å². The molecule has 0 saturated heterocycles. The van der Waals surface area contributed by atoms with Crippen molar-refractivity contribution in [1.82, 2.24) is 19.8 Å². The van der Waals surface area contributed by atoms with E-state index in [1.165, 1.54) is 11.3 Å². The first kappa shape index (κ1) is 13.2. The Hall–Kier alpha value is -2.44. The van der Waals surface area contributed by atoms with Crippen LogP contribution < -0.4 is 5.32 Å². The van der Waals surface area contributed by atoms with Gasteiger partial charge in [-0.25, -0.2) is 0 Å². The monoisotopic (exact) mass is 327 g/mol. The van der Waals surface area contributed by atoms with Crippen LogP contribution in [-0.2, 0) is 0 Å². The molecule has 0 fully saturated rings. The molecule has 0 unspecified atom stereocenters. The molecule has 2 aromatic carbocycles. The van der Waals surface area contributed by atoms with Crippen LogP contribution in [0.5, 0.6) is 0 Å². The molecule has 0 saturated carbocycles. The van der Waals surface area contributed by atoms with Gasteiger partial charge in [0.2, 0.25) is 10.1 Å². The quantitative estimate of drug-likeness (QED) is 0.611. The standard InChI is InChI=1S/C15H10ClN5S/c16-11-7-4-8-12(9-11)17-14-20-21-13(18-19-15(21)22-14)10-5-2-1-3-6-10/h1-9H,(H,17,20). The van der Waals surface area contributed by atoms with Crippen LogP contribution in [0.1, 0.15) is 0 Å². The molecule has 0 amide bonds. The van der Waals surface area contributed by atoms with Crippen LogP contribution in [-0.4, -0.2) is 19.8 Å². The van der Waals surface area contributed by atoms with Crippen LogP contribution in [0.15, 0.2) is 54.6 Å². The third-order valence-corrected chi connectivity index (χ3v) is 4.15. The SMILES string of the molecule is Clc1cccc(Nc2nn3c(-c4ccccc4)nnc3s2)c1. The molecule has 2 heterocycles. The maximum absolute atomic E-state index is 5.99. The lowest BCUT2D eigenvalue weighted by atomic mass is 10.2. The van der Waals surface area contributed by atoms with Crippen LogP contribution in [0, 0.1) is 0 Å². The van der Waals surface area contributed by atoms with Crippen molar-refractivity contribution in [3.8, 4) is 11.4 Å². The van der Waals surface area contributed by atoms with Crippen molar-refractivity contribution in [2.75, 3.05) is 5.32 Å². The predicted octanol–water partition coefficient (Wildman–Crippen LogP) is 4.25.